The van der Waals surface area contributed by atoms with Crippen molar-refractivity contribution >= 4 is 22.8 Å². The van der Waals surface area contributed by atoms with E-state index in [-0.39, 0.29) is 18.3 Å². The average molecular weight is 416 g/mol. The van der Waals surface area contributed by atoms with Crippen LogP contribution in [0, 0.1) is 5.82 Å². The first-order valence-corrected chi connectivity index (χ1v) is 10.2. The summed E-state index contributed by atoms with van der Waals surface area (Å²) in [7, 11) is 0. The lowest BCUT2D eigenvalue weighted by Gasteiger charge is -2.35. The molecule has 31 heavy (non-hydrogen) atoms. The first-order valence-electron chi connectivity index (χ1n) is 10.2. The monoisotopic (exact) mass is 416 g/mol. The number of nitrogens with zero attached hydrogens (tertiary/aromatic N) is 6. The molecule has 8 heteroatoms. The van der Waals surface area contributed by atoms with Crippen LogP contribution in [0.5, 0.6) is 0 Å². The van der Waals surface area contributed by atoms with Crippen molar-refractivity contribution in [3.8, 4) is 11.3 Å². The molecule has 0 N–H and O–H groups in total. The largest absolute Gasteiger partial charge is 0.353 e. The summed E-state index contributed by atoms with van der Waals surface area (Å²) >= 11 is 0. The first-order chi connectivity index (χ1) is 15.2. The summed E-state index contributed by atoms with van der Waals surface area (Å²) < 4.78 is 15.1. The van der Waals surface area contributed by atoms with E-state index in [0.29, 0.717) is 26.2 Å². The van der Waals surface area contributed by atoms with Gasteiger partial charge in [-0.15, -0.1) is 0 Å². The van der Waals surface area contributed by atoms with Gasteiger partial charge in [-0.2, -0.15) is 0 Å². The van der Waals surface area contributed by atoms with E-state index in [0.717, 1.165) is 28.1 Å². The molecule has 0 saturated carbocycles. The standard InChI is InChI=1S/C23H21FN6O/c24-18-7-5-17(6-8-18)20-13-22(26-15-25-20)28-9-11-29(12-10-28)23(31)14-30-16-27-19-3-1-2-4-21(19)30/h1-8,13,15-16H,9-12,14H2. The Morgan fingerprint density at radius 1 is 0.935 bits per heavy atom. The summed E-state index contributed by atoms with van der Waals surface area (Å²) in [4.78, 5) is 29.9. The van der Waals surface area contributed by atoms with Crippen LogP contribution in [0.25, 0.3) is 22.3 Å². The first kappa shape index (κ1) is 19.2. The molecular weight excluding hydrogens is 395 g/mol. The molecule has 0 bridgehead atoms. The number of imidazole rings is 1. The van der Waals surface area contributed by atoms with Crippen molar-refractivity contribution in [1.82, 2.24) is 24.4 Å². The van der Waals surface area contributed by atoms with Gasteiger partial charge in [-0.05, 0) is 36.4 Å². The summed E-state index contributed by atoms with van der Waals surface area (Å²) in [6.45, 7) is 2.91. The fourth-order valence-corrected chi connectivity index (χ4v) is 3.87. The third-order valence-electron chi connectivity index (χ3n) is 5.58. The zero-order valence-electron chi connectivity index (χ0n) is 16.9. The smallest absolute Gasteiger partial charge is 0.242 e. The maximum atomic E-state index is 13.2. The lowest BCUT2D eigenvalue weighted by molar-refractivity contribution is -0.132. The lowest BCUT2D eigenvalue weighted by atomic mass is 10.1. The Morgan fingerprint density at radius 3 is 2.52 bits per heavy atom. The maximum Gasteiger partial charge on any atom is 0.242 e. The number of anilines is 1. The van der Waals surface area contributed by atoms with Crippen LogP contribution in [0.4, 0.5) is 10.2 Å². The van der Waals surface area contributed by atoms with Gasteiger partial charge in [0.05, 0.1) is 23.1 Å². The van der Waals surface area contributed by atoms with E-state index in [4.69, 9.17) is 0 Å². The number of halogens is 1. The summed E-state index contributed by atoms with van der Waals surface area (Å²) in [5.74, 6) is 0.613. The number of fused-ring (bicyclic) bond motifs is 1. The molecule has 0 atom stereocenters. The van der Waals surface area contributed by atoms with E-state index in [1.165, 1.54) is 18.5 Å². The van der Waals surface area contributed by atoms with Gasteiger partial charge >= 0.3 is 0 Å². The molecule has 2 aromatic carbocycles. The van der Waals surface area contributed by atoms with Gasteiger partial charge in [0.2, 0.25) is 5.91 Å². The zero-order chi connectivity index (χ0) is 21.2. The number of hydrogen-bond acceptors (Lipinski definition) is 5. The van der Waals surface area contributed by atoms with Gasteiger partial charge < -0.3 is 14.4 Å². The number of amides is 1. The van der Waals surface area contributed by atoms with Crippen molar-refractivity contribution in [3.05, 3.63) is 73.1 Å². The SMILES string of the molecule is O=C(Cn1cnc2ccccc21)N1CCN(c2cc(-c3ccc(F)cc3)ncn2)CC1. The van der Waals surface area contributed by atoms with Crippen LogP contribution in [0.1, 0.15) is 0 Å². The van der Waals surface area contributed by atoms with Crippen LogP contribution in [0.3, 0.4) is 0 Å². The Hall–Kier alpha value is -3.81. The van der Waals surface area contributed by atoms with Crippen molar-refractivity contribution in [2.24, 2.45) is 0 Å². The number of piperazine rings is 1. The van der Waals surface area contributed by atoms with Crippen molar-refractivity contribution in [3.63, 3.8) is 0 Å². The molecule has 1 aliphatic heterocycles. The Labute approximate surface area is 178 Å². The predicted octanol–water partition coefficient (Wildman–Crippen LogP) is 2.98. The van der Waals surface area contributed by atoms with Crippen LogP contribution >= 0.6 is 0 Å². The molecular formula is C23H21FN6O. The second-order valence-corrected chi connectivity index (χ2v) is 7.50. The molecule has 5 rings (SSSR count). The minimum Gasteiger partial charge on any atom is -0.353 e. The number of hydrogen-bond donors (Lipinski definition) is 0. The minimum absolute atomic E-state index is 0.0810. The lowest BCUT2D eigenvalue weighted by Crippen LogP contribution is -2.49. The fourth-order valence-electron chi connectivity index (χ4n) is 3.87. The summed E-state index contributed by atoms with van der Waals surface area (Å²) in [5.41, 5.74) is 3.44. The predicted molar refractivity (Wildman–Crippen MR) is 116 cm³/mol. The van der Waals surface area contributed by atoms with Crippen LogP contribution in [0.15, 0.2) is 67.3 Å². The minimum atomic E-state index is -0.275. The number of rotatable bonds is 4. The number of aromatic nitrogens is 4. The van der Waals surface area contributed by atoms with Crippen molar-refractivity contribution in [2.75, 3.05) is 31.1 Å². The van der Waals surface area contributed by atoms with Crippen LogP contribution in [-0.2, 0) is 11.3 Å². The van der Waals surface area contributed by atoms with E-state index in [1.807, 2.05) is 39.8 Å². The number of carbonyl (C=O) groups excluding carboxylic acids is 1. The third-order valence-corrected chi connectivity index (χ3v) is 5.58. The molecule has 1 fully saturated rings. The van der Waals surface area contributed by atoms with Gasteiger partial charge in [0.15, 0.2) is 0 Å². The Bertz CT molecular complexity index is 1210. The van der Waals surface area contributed by atoms with Crippen LogP contribution in [-0.4, -0.2) is 56.5 Å². The van der Waals surface area contributed by atoms with Gasteiger partial charge in [-0.1, -0.05) is 12.1 Å². The maximum absolute atomic E-state index is 13.2. The number of carbonyl (C=O) groups is 1. The van der Waals surface area contributed by atoms with E-state index < -0.39 is 0 Å². The van der Waals surface area contributed by atoms with Crippen molar-refractivity contribution < 1.29 is 9.18 Å². The number of benzene rings is 2. The highest BCUT2D eigenvalue weighted by atomic mass is 19.1. The van der Waals surface area contributed by atoms with E-state index in [2.05, 4.69) is 19.9 Å². The molecule has 0 unspecified atom stereocenters. The third kappa shape index (κ3) is 3.96. The molecule has 0 aliphatic carbocycles. The van der Waals surface area contributed by atoms with Crippen molar-refractivity contribution in [1.29, 1.82) is 0 Å². The molecule has 0 spiro atoms. The van der Waals surface area contributed by atoms with E-state index >= 15 is 0 Å². The Kier molecular flexibility index (Phi) is 5.03. The molecule has 3 heterocycles. The summed E-state index contributed by atoms with van der Waals surface area (Å²) in [5, 5.41) is 0. The van der Waals surface area contributed by atoms with Crippen molar-refractivity contribution in [2.45, 2.75) is 6.54 Å². The summed E-state index contributed by atoms with van der Waals surface area (Å²) in [6, 6.07) is 16.0. The van der Waals surface area contributed by atoms with Crippen LogP contribution in [0.2, 0.25) is 0 Å². The molecule has 1 amide bonds. The second kappa shape index (κ2) is 8.14. The van der Waals surface area contributed by atoms with E-state index in [9.17, 15) is 9.18 Å². The highest BCUT2D eigenvalue weighted by Crippen LogP contribution is 2.22. The molecule has 1 aliphatic rings. The second-order valence-electron chi connectivity index (χ2n) is 7.50. The summed E-state index contributed by atoms with van der Waals surface area (Å²) in [6.07, 6.45) is 3.24. The van der Waals surface area contributed by atoms with Crippen LogP contribution < -0.4 is 4.90 Å². The highest BCUT2D eigenvalue weighted by Gasteiger charge is 2.23. The molecule has 156 valence electrons. The fraction of sp³-hybridized carbons (Fsp3) is 0.217. The van der Waals surface area contributed by atoms with Gasteiger partial charge in [0.1, 0.15) is 24.5 Å². The van der Waals surface area contributed by atoms with Gasteiger partial charge in [0.25, 0.3) is 0 Å². The molecule has 1 saturated heterocycles. The molecule has 2 aromatic heterocycles. The van der Waals surface area contributed by atoms with Gasteiger partial charge in [-0.3, -0.25) is 4.79 Å². The molecule has 0 radical (unpaired) electrons. The van der Waals surface area contributed by atoms with E-state index in [1.54, 1.807) is 18.5 Å². The highest BCUT2D eigenvalue weighted by molar-refractivity contribution is 5.80. The van der Waals surface area contributed by atoms with Gasteiger partial charge in [0, 0.05) is 37.8 Å². The zero-order valence-corrected chi connectivity index (χ0v) is 16.9. The normalized spacial score (nSPS) is 14.2. The topological polar surface area (TPSA) is 67.2 Å². The quantitative estimate of drug-likeness (QED) is 0.512. The average Bonchev–Trinajstić information content (AvgIpc) is 3.22. The Morgan fingerprint density at radius 2 is 1.71 bits per heavy atom. The van der Waals surface area contributed by atoms with Gasteiger partial charge in [-0.25, -0.2) is 19.3 Å². The Balaban J connectivity index is 1.23. The molecule has 4 aromatic rings. The molecule has 7 nitrogen and oxygen atoms in total. The number of para-hydroxylation sites is 2.